The van der Waals surface area contributed by atoms with Gasteiger partial charge in [-0.05, 0) is 12.8 Å². The van der Waals surface area contributed by atoms with Crippen molar-refractivity contribution >= 4 is 17.7 Å². The quantitative estimate of drug-likeness (QED) is 0.672. The van der Waals surface area contributed by atoms with Crippen LogP contribution in [0.15, 0.2) is 0 Å². The summed E-state index contributed by atoms with van der Waals surface area (Å²) in [6, 6.07) is 0. The van der Waals surface area contributed by atoms with Crippen molar-refractivity contribution < 1.29 is 28.6 Å². The van der Waals surface area contributed by atoms with Gasteiger partial charge >= 0.3 is 17.7 Å². The lowest BCUT2D eigenvalue weighted by Crippen LogP contribution is -2.42. The van der Waals surface area contributed by atoms with Gasteiger partial charge < -0.3 is 14.2 Å². The fraction of sp³-hybridized carbons (Fsp3) is 0.750. The molecule has 0 aromatic rings. The Bertz CT molecular complexity index is 391. The Morgan fingerprint density at radius 1 is 1.22 bits per heavy atom. The minimum absolute atomic E-state index is 0.120. The first-order chi connectivity index (χ1) is 8.48. The summed E-state index contributed by atoms with van der Waals surface area (Å²) in [4.78, 5) is 35.0. The number of esters is 2. The Morgan fingerprint density at radius 2 is 1.83 bits per heavy atom. The molecule has 1 unspecified atom stereocenters. The van der Waals surface area contributed by atoms with Crippen LogP contribution in [-0.4, -0.2) is 37.7 Å². The SMILES string of the molecule is COC(=O)C1(OC)CC2(CCC(=O)CC2)C(=O)O1. The number of ketones is 1. The van der Waals surface area contributed by atoms with Crippen molar-refractivity contribution in [1.29, 1.82) is 0 Å². The minimum atomic E-state index is -1.65. The number of carbonyl (C=O) groups excluding carboxylic acids is 3. The highest BCUT2D eigenvalue weighted by molar-refractivity contribution is 5.91. The van der Waals surface area contributed by atoms with E-state index in [9.17, 15) is 14.4 Å². The monoisotopic (exact) mass is 256 g/mol. The lowest BCUT2D eigenvalue weighted by atomic mass is 9.71. The Hall–Kier alpha value is -1.43. The van der Waals surface area contributed by atoms with Gasteiger partial charge in [0.2, 0.25) is 0 Å². The van der Waals surface area contributed by atoms with Gasteiger partial charge in [0.15, 0.2) is 0 Å². The van der Waals surface area contributed by atoms with Crippen molar-refractivity contribution in [3.63, 3.8) is 0 Å². The van der Waals surface area contributed by atoms with Crippen LogP contribution >= 0.6 is 0 Å². The molecule has 6 nitrogen and oxygen atoms in total. The minimum Gasteiger partial charge on any atom is -0.464 e. The fourth-order valence-electron chi connectivity index (χ4n) is 2.67. The van der Waals surface area contributed by atoms with Crippen molar-refractivity contribution in [2.75, 3.05) is 14.2 Å². The summed E-state index contributed by atoms with van der Waals surface area (Å²) in [6.07, 6.45) is 1.63. The van der Waals surface area contributed by atoms with E-state index in [1.165, 1.54) is 14.2 Å². The van der Waals surface area contributed by atoms with E-state index in [1.54, 1.807) is 0 Å². The number of hydrogen-bond donors (Lipinski definition) is 0. The third kappa shape index (κ3) is 1.80. The van der Waals surface area contributed by atoms with Crippen molar-refractivity contribution in [2.24, 2.45) is 5.41 Å². The molecule has 2 aliphatic rings. The molecular weight excluding hydrogens is 240 g/mol. The van der Waals surface area contributed by atoms with Crippen LogP contribution in [-0.2, 0) is 28.6 Å². The summed E-state index contributed by atoms with van der Waals surface area (Å²) < 4.78 is 14.8. The summed E-state index contributed by atoms with van der Waals surface area (Å²) in [5.41, 5.74) is -0.780. The number of ether oxygens (including phenoxy) is 3. The smallest absolute Gasteiger partial charge is 0.379 e. The second-order valence-electron chi connectivity index (χ2n) is 4.83. The van der Waals surface area contributed by atoms with E-state index in [1.807, 2.05) is 0 Å². The highest BCUT2D eigenvalue weighted by atomic mass is 16.7. The topological polar surface area (TPSA) is 78.9 Å². The summed E-state index contributed by atoms with van der Waals surface area (Å²) in [7, 11) is 2.52. The fourth-order valence-corrected chi connectivity index (χ4v) is 2.67. The maximum Gasteiger partial charge on any atom is 0.379 e. The summed E-state index contributed by atoms with van der Waals surface area (Å²) in [5.74, 6) is -2.69. The molecule has 6 heteroatoms. The van der Waals surface area contributed by atoms with Gasteiger partial charge in [-0.1, -0.05) is 0 Å². The molecule has 1 atom stereocenters. The van der Waals surface area contributed by atoms with Gasteiger partial charge in [0.1, 0.15) is 5.78 Å². The average Bonchev–Trinajstić information content (AvgIpc) is 2.67. The van der Waals surface area contributed by atoms with Gasteiger partial charge in [-0.3, -0.25) is 9.59 Å². The number of carbonyl (C=O) groups is 3. The molecule has 0 radical (unpaired) electrons. The van der Waals surface area contributed by atoms with Crippen LogP contribution in [0.3, 0.4) is 0 Å². The Balaban J connectivity index is 2.24. The Labute approximate surface area is 105 Å². The van der Waals surface area contributed by atoms with E-state index >= 15 is 0 Å². The Kier molecular flexibility index (Phi) is 3.14. The molecule has 2 rings (SSSR count). The van der Waals surface area contributed by atoms with Crippen LogP contribution in [0.4, 0.5) is 0 Å². The third-order valence-electron chi connectivity index (χ3n) is 3.85. The van der Waals surface area contributed by atoms with Crippen LogP contribution in [0.1, 0.15) is 32.1 Å². The van der Waals surface area contributed by atoms with Crippen molar-refractivity contribution in [1.82, 2.24) is 0 Å². The highest BCUT2D eigenvalue weighted by Crippen LogP contribution is 2.49. The van der Waals surface area contributed by atoms with Crippen molar-refractivity contribution in [2.45, 2.75) is 37.9 Å². The van der Waals surface area contributed by atoms with E-state index in [2.05, 4.69) is 4.74 Å². The molecule has 1 heterocycles. The zero-order valence-electron chi connectivity index (χ0n) is 10.5. The largest absolute Gasteiger partial charge is 0.464 e. The van der Waals surface area contributed by atoms with Crippen LogP contribution in [0.25, 0.3) is 0 Å². The molecule has 1 spiro atoms. The summed E-state index contributed by atoms with van der Waals surface area (Å²) in [5, 5.41) is 0. The van der Waals surface area contributed by atoms with Gasteiger partial charge in [-0.15, -0.1) is 0 Å². The Morgan fingerprint density at radius 3 is 2.33 bits per heavy atom. The molecule has 0 N–H and O–H groups in total. The first-order valence-electron chi connectivity index (χ1n) is 5.87. The standard InChI is InChI=1S/C12H16O6/c1-16-10(15)12(17-2)7-11(9(14)18-12)5-3-8(13)4-6-11/h3-7H2,1-2H3. The molecule has 0 bridgehead atoms. The molecule has 0 amide bonds. The van der Waals surface area contributed by atoms with Crippen LogP contribution in [0, 0.1) is 5.41 Å². The van der Waals surface area contributed by atoms with Gasteiger partial charge in [-0.25, -0.2) is 4.79 Å². The number of cyclic esters (lactones) is 1. The second-order valence-corrected chi connectivity index (χ2v) is 4.83. The molecule has 1 aliphatic heterocycles. The maximum atomic E-state index is 12.0. The lowest BCUT2D eigenvalue weighted by Gasteiger charge is -2.29. The number of methoxy groups -OCH3 is 2. The normalized spacial score (nSPS) is 30.3. The number of rotatable bonds is 2. The number of Topliss-reactive ketones (excluding diaryl/α,β-unsaturated/α-hetero) is 1. The van der Waals surface area contributed by atoms with Gasteiger partial charge in [0, 0.05) is 26.4 Å². The van der Waals surface area contributed by atoms with Crippen molar-refractivity contribution in [3.05, 3.63) is 0 Å². The van der Waals surface area contributed by atoms with E-state index in [-0.39, 0.29) is 12.2 Å². The molecule has 1 saturated carbocycles. The molecule has 2 fully saturated rings. The van der Waals surface area contributed by atoms with Gasteiger partial charge in [0.05, 0.1) is 12.5 Å². The second kappa shape index (κ2) is 4.35. The predicted octanol–water partition coefficient (Wildman–Crippen LogP) is 0.578. The van der Waals surface area contributed by atoms with E-state index in [4.69, 9.17) is 9.47 Å². The average molecular weight is 256 g/mol. The van der Waals surface area contributed by atoms with Crippen LogP contribution < -0.4 is 0 Å². The highest BCUT2D eigenvalue weighted by Gasteiger charge is 2.62. The lowest BCUT2D eigenvalue weighted by molar-refractivity contribution is -0.220. The van der Waals surface area contributed by atoms with E-state index < -0.39 is 23.1 Å². The summed E-state index contributed by atoms with van der Waals surface area (Å²) >= 11 is 0. The number of hydrogen-bond acceptors (Lipinski definition) is 6. The predicted molar refractivity (Wildman–Crippen MR) is 58.4 cm³/mol. The first-order valence-corrected chi connectivity index (χ1v) is 5.87. The molecular formula is C12H16O6. The van der Waals surface area contributed by atoms with Gasteiger partial charge in [0.25, 0.3) is 0 Å². The zero-order valence-corrected chi connectivity index (χ0v) is 10.5. The van der Waals surface area contributed by atoms with Gasteiger partial charge in [-0.2, -0.15) is 0 Å². The van der Waals surface area contributed by atoms with Crippen molar-refractivity contribution in [3.8, 4) is 0 Å². The first kappa shape index (κ1) is 13.0. The third-order valence-corrected chi connectivity index (χ3v) is 3.85. The molecule has 18 heavy (non-hydrogen) atoms. The zero-order chi connectivity index (χ0) is 13.4. The molecule has 100 valence electrons. The van der Waals surface area contributed by atoms with Crippen LogP contribution in [0.5, 0.6) is 0 Å². The molecule has 0 aromatic heterocycles. The van der Waals surface area contributed by atoms with E-state index in [0.29, 0.717) is 25.7 Å². The molecule has 0 aromatic carbocycles. The van der Waals surface area contributed by atoms with Crippen LogP contribution in [0.2, 0.25) is 0 Å². The molecule has 1 aliphatic carbocycles. The maximum absolute atomic E-state index is 12.0. The van der Waals surface area contributed by atoms with E-state index in [0.717, 1.165) is 0 Å². The summed E-state index contributed by atoms with van der Waals surface area (Å²) in [6.45, 7) is 0. The molecule has 1 saturated heterocycles.